The Morgan fingerprint density at radius 2 is 2.00 bits per heavy atom. The standard InChI is InChI=1S/C12H24ClN/c1-5-8-12(6-2)14(4)11(3)9-7-10-13/h7,9,11-12H,5-6,8,10H2,1-4H3. The van der Waals surface area contributed by atoms with E-state index >= 15 is 0 Å². The van der Waals surface area contributed by atoms with Crippen LogP contribution in [0.5, 0.6) is 0 Å². The summed E-state index contributed by atoms with van der Waals surface area (Å²) in [4.78, 5) is 2.44. The lowest BCUT2D eigenvalue weighted by molar-refractivity contribution is 0.195. The van der Waals surface area contributed by atoms with Gasteiger partial charge >= 0.3 is 0 Å². The maximum Gasteiger partial charge on any atom is 0.0404 e. The van der Waals surface area contributed by atoms with Crippen LogP contribution >= 0.6 is 11.6 Å². The van der Waals surface area contributed by atoms with Gasteiger partial charge < -0.3 is 0 Å². The molecule has 0 aliphatic heterocycles. The van der Waals surface area contributed by atoms with Crippen molar-refractivity contribution in [3.05, 3.63) is 12.2 Å². The summed E-state index contributed by atoms with van der Waals surface area (Å²) in [5.41, 5.74) is 0. The first kappa shape index (κ1) is 14.0. The first-order valence-corrected chi connectivity index (χ1v) is 6.15. The summed E-state index contributed by atoms with van der Waals surface area (Å²) in [5.74, 6) is 0.614. The minimum Gasteiger partial charge on any atom is -0.297 e. The van der Waals surface area contributed by atoms with Crippen molar-refractivity contribution in [2.45, 2.75) is 52.1 Å². The lowest BCUT2D eigenvalue weighted by Crippen LogP contribution is -2.37. The number of alkyl halides is 1. The number of allylic oxidation sites excluding steroid dienone is 1. The Morgan fingerprint density at radius 1 is 1.36 bits per heavy atom. The average molecular weight is 218 g/mol. The molecule has 2 heteroatoms. The predicted molar refractivity (Wildman–Crippen MR) is 66.1 cm³/mol. The third-order valence-corrected chi connectivity index (χ3v) is 2.99. The van der Waals surface area contributed by atoms with E-state index in [2.05, 4.69) is 38.8 Å². The van der Waals surface area contributed by atoms with Crippen LogP contribution in [0.2, 0.25) is 0 Å². The van der Waals surface area contributed by atoms with Crippen molar-refractivity contribution >= 4 is 11.6 Å². The van der Waals surface area contributed by atoms with Crippen molar-refractivity contribution in [2.75, 3.05) is 12.9 Å². The average Bonchev–Trinajstić information content (AvgIpc) is 2.21. The lowest BCUT2D eigenvalue weighted by atomic mass is 10.1. The highest BCUT2D eigenvalue weighted by Crippen LogP contribution is 2.12. The van der Waals surface area contributed by atoms with E-state index in [1.165, 1.54) is 19.3 Å². The van der Waals surface area contributed by atoms with Gasteiger partial charge in [-0.1, -0.05) is 32.4 Å². The molecule has 0 aromatic carbocycles. The van der Waals surface area contributed by atoms with Crippen LogP contribution in [0.1, 0.15) is 40.0 Å². The Kier molecular flexibility index (Phi) is 8.30. The Hall–Kier alpha value is -0.0100. The highest BCUT2D eigenvalue weighted by molar-refractivity contribution is 6.18. The van der Waals surface area contributed by atoms with Gasteiger partial charge in [-0.2, -0.15) is 0 Å². The zero-order chi connectivity index (χ0) is 11.0. The highest BCUT2D eigenvalue weighted by atomic mass is 35.5. The van der Waals surface area contributed by atoms with Gasteiger partial charge in [0.2, 0.25) is 0 Å². The van der Waals surface area contributed by atoms with E-state index in [-0.39, 0.29) is 0 Å². The number of hydrogen-bond donors (Lipinski definition) is 0. The number of nitrogens with zero attached hydrogens (tertiary/aromatic N) is 1. The lowest BCUT2D eigenvalue weighted by Gasteiger charge is -2.31. The third kappa shape index (κ3) is 5.02. The van der Waals surface area contributed by atoms with Gasteiger partial charge in [0, 0.05) is 18.0 Å². The molecule has 0 bridgehead atoms. The minimum absolute atomic E-state index is 0.491. The first-order valence-electron chi connectivity index (χ1n) is 5.61. The molecule has 0 aromatic rings. The number of halogens is 1. The van der Waals surface area contributed by atoms with Gasteiger partial charge in [0.25, 0.3) is 0 Å². The maximum absolute atomic E-state index is 5.62. The van der Waals surface area contributed by atoms with Gasteiger partial charge in [-0.3, -0.25) is 4.90 Å². The molecule has 14 heavy (non-hydrogen) atoms. The fourth-order valence-corrected chi connectivity index (χ4v) is 1.85. The van der Waals surface area contributed by atoms with E-state index in [1.54, 1.807) is 0 Å². The Morgan fingerprint density at radius 3 is 2.43 bits per heavy atom. The van der Waals surface area contributed by atoms with E-state index in [1.807, 2.05) is 6.08 Å². The Balaban J connectivity index is 4.11. The van der Waals surface area contributed by atoms with Gasteiger partial charge in [0.15, 0.2) is 0 Å². The first-order chi connectivity index (χ1) is 6.67. The third-order valence-electron chi connectivity index (χ3n) is 2.82. The smallest absolute Gasteiger partial charge is 0.0404 e. The highest BCUT2D eigenvalue weighted by Gasteiger charge is 2.14. The molecule has 1 nitrogen and oxygen atoms in total. The molecule has 84 valence electrons. The maximum atomic E-state index is 5.62. The molecule has 0 aliphatic rings. The normalized spacial score (nSPS) is 16.4. The van der Waals surface area contributed by atoms with Crippen molar-refractivity contribution in [3.8, 4) is 0 Å². The fraction of sp³-hybridized carbons (Fsp3) is 0.833. The van der Waals surface area contributed by atoms with Crippen molar-refractivity contribution in [3.63, 3.8) is 0 Å². The second-order valence-corrected chi connectivity index (χ2v) is 4.15. The largest absolute Gasteiger partial charge is 0.297 e. The van der Waals surface area contributed by atoms with Crippen LogP contribution < -0.4 is 0 Å². The molecule has 2 atom stereocenters. The monoisotopic (exact) mass is 217 g/mol. The zero-order valence-electron chi connectivity index (χ0n) is 9.96. The molecule has 0 aromatic heterocycles. The molecule has 0 spiro atoms. The van der Waals surface area contributed by atoms with Crippen molar-refractivity contribution < 1.29 is 0 Å². The van der Waals surface area contributed by atoms with E-state index in [0.29, 0.717) is 18.0 Å². The molecule has 0 N–H and O–H groups in total. The molecule has 0 fully saturated rings. The number of rotatable bonds is 7. The predicted octanol–water partition coefficient (Wildman–Crippen LogP) is 3.68. The summed E-state index contributed by atoms with van der Waals surface area (Å²) < 4.78 is 0. The SMILES string of the molecule is CCCC(CC)N(C)C(C)C=CCCl. The van der Waals surface area contributed by atoms with Crippen LogP contribution in [0.25, 0.3) is 0 Å². The van der Waals surface area contributed by atoms with Gasteiger partial charge in [0.1, 0.15) is 0 Å². The quantitative estimate of drug-likeness (QED) is 0.465. The number of likely N-dealkylation sites (N-methyl/N-ethyl adjacent to an activating group) is 1. The Labute approximate surface area is 94.1 Å². The molecule has 2 unspecified atom stereocenters. The summed E-state index contributed by atoms with van der Waals surface area (Å²) in [7, 11) is 2.20. The van der Waals surface area contributed by atoms with Crippen molar-refractivity contribution in [2.24, 2.45) is 0 Å². The molecule has 0 radical (unpaired) electrons. The molecule has 0 rings (SSSR count). The summed E-state index contributed by atoms with van der Waals surface area (Å²) in [6.45, 7) is 6.73. The molecular weight excluding hydrogens is 194 g/mol. The van der Waals surface area contributed by atoms with Gasteiger partial charge in [-0.05, 0) is 26.8 Å². The second kappa shape index (κ2) is 8.31. The van der Waals surface area contributed by atoms with Crippen molar-refractivity contribution in [1.29, 1.82) is 0 Å². The van der Waals surface area contributed by atoms with Crippen LogP contribution in [0, 0.1) is 0 Å². The molecule has 0 aliphatic carbocycles. The topological polar surface area (TPSA) is 3.24 Å². The van der Waals surface area contributed by atoms with E-state index < -0.39 is 0 Å². The minimum atomic E-state index is 0.491. The zero-order valence-corrected chi connectivity index (χ0v) is 10.7. The van der Waals surface area contributed by atoms with Gasteiger partial charge in [-0.15, -0.1) is 11.6 Å². The number of hydrogen-bond acceptors (Lipinski definition) is 1. The second-order valence-electron chi connectivity index (χ2n) is 3.84. The molecule has 0 heterocycles. The van der Waals surface area contributed by atoms with Gasteiger partial charge in [0.05, 0.1) is 0 Å². The Bertz CT molecular complexity index is 156. The van der Waals surface area contributed by atoms with Crippen LogP contribution in [0.3, 0.4) is 0 Å². The molecular formula is C12H24ClN. The molecule has 0 saturated carbocycles. The van der Waals surface area contributed by atoms with Gasteiger partial charge in [-0.25, -0.2) is 0 Å². The molecule has 0 amide bonds. The summed E-state index contributed by atoms with van der Waals surface area (Å²) >= 11 is 5.62. The summed E-state index contributed by atoms with van der Waals surface area (Å²) in [6.07, 6.45) is 7.98. The summed E-state index contributed by atoms with van der Waals surface area (Å²) in [6, 6.07) is 1.19. The summed E-state index contributed by atoms with van der Waals surface area (Å²) in [5, 5.41) is 0. The van der Waals surface area contributed by atoms with E-state index in [4.69, 9.17) is 11.6 Å². The van der Waals surface area contributed by atoms with Crippen LogP contribution in [0.4, 0.5) is 0 Å². The van der Waals surface area contributed by atoms with Crippen molar-refractivity contribution in [1.82, 2.24) is 4.90 Å². The fourth-order valence-electron chi connectivity index (χ4n) is 1.75. The van der Waals surface area contributed by atoms with Crippen LogP contribution in [-0.4, -0.2) is 29.9 Å². The molecule has 0 saturated heterocycles. The van der Waals surface area contributed by atoms with Crippen LogP contribution in [0.15, 0.2) is 12.2 Å². The van der Waals surface area contributed by atoms with E-state index in [9.17, 15) is 0 Å². The van der Waals surface area contributed by atoms with Crippen LogP contribution in [-0.2, 0) is 0 Å². The van der Waals surface area contributed by atoms with E-state index in [0.717, 1.165) is 0 Å².